The van der Waals surface area contributed by atoms with Gasteiger partial charge in [-0.05, 0) is 58.2 Å². The van der Waals surface area contributed by atoms with E-state index in [2.05, 4.69) is 14.5 Å². The highest BCUT2D eigenvalue weighted by molar-refractivity contribution is 6.30. The van der Waals surface area contributed by atoms with E-state index in [1.54, 1.807) is 24.3 Å². The molecule has 0 N–H and O–H groups in total. The fourth-order valence-corrected chi connectivity index (χ4v) is 5.54. The van der Waals surface area contributed by atoms with Crippen molar-refractivity contribution < 1.29 is 22.0 Å². The summed E-state index contributed by atoms with van der Waals surface area (Å²) < 4.78 is 72.3. The molecule has 0 spiro atoms. The number of hydrogen-bond acceptors (Lipinski definition) is 5. The molecule has 0 heterocycles. The quantitative estimate of drug-likeness (QED) is 0.125. The van der Waals surface area contributed by atoms with Gasteiger partial charge in [0.05, 0.1) is 60.7 Å². The highest BCUT2D eigenvalue weighted by Gasteiger charge is 2.41. The molecule has 3 aromatic rings. The summed E-state index contributed by atoms with van der Waals surface area (Å²) >= 11 is 0. The van der Waals surface area contributed by atoms with Crippen LogP contribution in [0.15, 0.2) is 41.7 Å². The molecule has 47 heavy (non-hydrogen) atoms. The van der Waals surface area contributed by atoms with Crippen LogP contribution in [0.5, 0.6) is 0 Å². The first-order valence-electron chi connectivity index (χ1n) is 12.5. The van der Waals surface area contributed by atoms with Crippen molar-refractivity contribution in [2.75, 3.05) is 0 Å². The Kier molecular flexibility index (Phi) is 7.41. The summed E-state index contributed by atoms with van der Waals surface area (Å²) in [7, 11) is 0. The zero-order valence-electron chi connectivity index (χ0n) is 22.9. The van der Waals surface area contributed by atoms with E-state index in [9.17, 15) is 43.9 Å². The molecule has 3 aromatic carbocycles. The first-order chi connectivity index (χ1) is 22.6. The van der Waals surface area contributed by atoms with Crippen LogP contribution >= 0.6 is 0 Å². The second-order valence-electron chi connectivity index (χ2n) is 9.45. The lowest BCUT2D eigenvalue weighted by atomic mass is 9.88. The predicted molar refractivity (Wildman–Crippen MR) is 153 cm³/mol. The summed E-state index contributed by atoms with van der Waals surface area (Å²) in [6.07, 6.45) is 0. The number of nitriles is 5. The monoisotopic (exact) mass is 620 g/mol. The van der Waals surface area contributed by atoms with E-state index in [0.29, 0.717) is 18.2 Å². The summed E-state index contributed by atoms with van der Waals surface area (Å²) in [6, 6.07) is 12.0. The summed E-state index contributed by atoms with van der Waals surface area (Å²) in [4.78, 5) is 9.70. The number of halogens is 5. The molecule has 0 saturated heterocycles. The van der Waals surface area contributed by atoms with Gasteiger partial charge in [0, 0.05) is 27.8 Å². The van der Waals surface area contributed by atoms with Gasteiger partial charge in [-0.2, -0.15) is 15.8 Å². The van der Waals surface area contributed by atoms with Crippen LogP contribution in [0.3, 0.4) is 0 Å². The Bertz CT molecular complexity index is 2520. The van der Waals surface area contributed by atoms with E-state index in [-0.39, 0.29) is 22.3 Å². The Balaban J connectivity index is 2.08. The number of hydrogen-bond donors (Lipinski definition) is 0. The fraction of sp³-hybridized carbons (Fsp3) is 0. The van der Waals surface area contributed by atoms with Crippen molar-refractivity contribution >= 4 is 33.6 Å². The van der Waals surface area contributed by atoms with Crippen LogP contribution in [0.25, 0.3) is 48.1 Å². The number of fused-ring (bicyclic) bond motifs is 2. The van der Waals surface area contributed by atoms with Crippen molar-refractivity contribution in [2.24, 2.45) is 0 Å². The Morgan fingerprint density at radius 3 is 1.72 bits per heavy atom. The molecule has 8 nitrogen and oxygen atoms in total. The van der Waals surface area contributed by atoms with Gasteiger partial charge in [0.25, 0.3) is 11.4 Å². The number of benzene rings is 3. The molecule has 2 aliphatic rings. The molecule has 13 heteroatoms. The van der Waals surface area contributed by atoms with Crippen LogP contribution in [0.4, 0.5) is 22.0 Å². The second-order valence-corrected chi connectivity index (χ2v) is 9.45. The number of nitrogens with zero attached hydrogens (tertiary/aromatic N) is 8. The van der Waals surface area contributed by atoms with Gasteiger partial charge >= 0.3 is 0 Å². The van der Waals surface area contributed by atoms with E-state index in [1.807, 2.05) is 6.07 Å². The van der Waals surface area contributed by atoms with Crippen LogP contribution in [-0.4, -0.2) is 0 Å². The normalized spacial score (nSPS) is 14.7. The molecule has 0 aromatic heterocycles. The zero-order valence-corrected chi connectivity index (χ0v) is 22.9. The molecule has 0 amide bonds. The molecule has 2 aliphatic carbocycles. The van der Waals surface area contributed by atoms with Gasteiger partial charge in [0.2, 0.25) is 5.70 Å². The first kappa shape index (κ1) is 30.6. The minimum absolute atomic E-state index is 0.246. The molecule has 0 radical (unpaired) electrons. The van der Waals surface area contributed by atoms with Gasteiger partial charge in [-0.1, -0.05) is 0 Å². The minimum atomic E-state index is -1.93. The van der Waals surface area contributed by atoms with Gasteiger partial charge in [-0.3, -0.25) is 0 Å². The molecule has 0 fully saturated rings. The van der Waals surface area contributed by atoms with E-state index >= 15 is 4.39 Å². The molecule has 5 rings (SSSR count). The highest BCUT2D eigenvalue weighted by Crippen LogP contribution is 2.57. The van der Waals surface area contributed by atoms with Crippen LogP contribution < -0.4 is 0 Å². The second kappa shape index (κ2) is 11.4. The summed E-state index contributed by atoms with van der Waals surface area (Å²) in [5.74, 6) is -8.17. The molecule has 0 unspecified atom stereocenters. The topological polar surface area (TPSA) is 132 Å². The van der Waals surface area contributed by atoms with Crippen molar-refractivity contribution in [3.05, 3.63) is 150 Å². The number of rotatable bonds is 2. The Morgan fingerprint density at radius 2 is 1.19 bits per heavy atom. The lowest BCUT2D eigenvalue weighted by Gasteiger charge is -2.14. The van der Waals surface area contributed by atoms with Crippen LogP contribution in [-0.2, 0) is 0 Å². The number of allylic oxidation sites excluding steroid dienone is 7. The Morgan fingerprint density at radius 1 is 0.596 bits per heavy atom. The third-order valence-electron chi connectivity index (χ3n) is 7.34. The summed E-state index contributed by atoms with van der Waals surface area (Å²) in [5, 5.41) is 50.3. The third-order valence-corrected chi connectivity index (χ3v) is 7.34. The Hall–Kier alpha value is -7.81. The fourth-order valence-electron chi connectivity index (χ4n) is 5.54. The lowest BCUT2D eigenvalue weighted by Crippen LogP contribution is -2.00. The first-order valence-corrected chi connectivity index (χ1v) is 12.5. The molecule has 216 valence electrons. The maximum atomic E-state index is 15.2. The van der Waals surface area contributed by atoms with Crippen LogP contribution in [0.2, 0.25) is 0 Å². The molecular weight excluding hydrogens is 615 g/mol. The van der Waals surface area contributed by atoms with E-state index < -0.39 is 96.3 Å². The maximum absolute atomic E-state index is 15.2. The smallest absolute Gasteiger partial charge is 0.237 e. The maximum Gasteiger partial charge on any atom is 0.270 e. The molecule has 0 atom stereocenters. The third kappa shape index (κ3) is 4.20. The van der Waals surface area contributed by atoms with Crippen LogP contribution in [0, 0.1) is 105 Å². The highest BCUT2D eigenvalue weighted by atomic mass is 19.2. The molecule has 0 bridgehead atoms. The molecular formula is C34H5F5N8. The summed E-state index contributed by atoms with van der Waals surface area (Å²) in [6.45, 7) is 23.1. The van der Waals surface area contributed by atoms with Crippen LogP contribution in [0.1, 0.15) is 44.5 Å². The van der Waals surface area contributed by atoms with Gasteiger partial charge < -0.3 is 0 Å². The standard InChI is InChI=1S/C34H5F5N8/c1-45-24(12-43)29-17-7-18-28(20(11-42)26(17)19(10-41)27(29)16-8-23(37)22(36)6-14(16)9-40)34(47-3)31(30(18)25(13-44)46-2)15-4-5-21(35)33(39)32(15)38/h4-8H/b29-24+,30-25-. The summed E-state index contributed by atoms with van der Waals surface area (Å²) in [5.41, 5.74) is -7.83. The zero-order chi connectivity index (χ0) is 34.3. The van der Waals surface area contributed by atoms with E-state index in [4.69, 9.17) is 19.7 Å². The van der Waals surface area contributed by atoms with E-state index in [1.165, 1.54) is 0 Å². The van der Waals surface area contributed by atoms with Gasteiger partial charge in [-0.15, -0.1) is 0 Å². The van der Waals surface area contributed by atoms with Gasteiger partial charge in [-0.25, -0.2) is 47.0 Å². The molecule has 0 aliphatic heterocycles. The lowest BCUT2D eigenvalue weighted by molar-refractivity contribution is 0.446. The van der Waals surface area contributed by atoms with Crippen molar-refractivity contribution in [1.82, 2.24) is 0 Å². The SMILES string of the molecule is [C-]#[N+]C1=C(c2ccc(F)c(F)c2F)/C(=C(/C#N)[N+]#[C-])c2cc3c(c(C#N)c21)C(C#N)=C(c1cc(F)c(F)cc1C#N)/C3=C(\C#N)[N+]#[C-]. The van der Waals surface area contributed by atoms with Gasteiger partial charge in [0.15, 0.2) is 29.1 Å². The predicted octanol–water partition coefficient (Wildman–Crippen LogP) is 7.68. The minimum Gasteiger partial charge on any atom is -0.237 e. The van der Waals surface area contributed by atoms with Crippen molar-refractivity contribution in [3.63, 3.8) is 0 Å². The average Bonchev–Trinajstić information content (AvgIpc) is 3.57. The Labute approximate surface area is 261 Å². The largest absolute Gasteiger partial charge is 0.270 e. The van der Waals surface area contributed by atoms with Crippen molar-refractivity contribution in [3.8, 4) is 30.3 Å². The van der Waals surface area contributed by atoms with E-state index in [0.717, 1.165) is 12.1 Å². The van der Waals surface area contributed by atoms with Gasteiger partial charge in [0.1, 0.15) is 6.07 Å². The average molecular weight is 620 g/mol. The van der Waals surface area contributed by atoms with Crippen molar-refractivity contribution in [1.29, 1.82) is 26.3 Å². The van der Waals surface area contributed by atoms with Crippen molar-refractivity contribution in [2.45, 2.75) is 0 Å². The molecule has 0 saturated carbocycles.